The maximum Gasteiger partial charge on any atom is 0.206 e. The van der Waals surface area contributed by atoms with Gasteiger partial charge >= 0.3 is 0 Å². The van der Waals surface area contributed by atoms with Crippen molar-refractivity contribution in [1.82, 2.24) is 35.2 Å². The maximum atomic E-state index is 6.15. The van der Waals surface area contributed by atoms with Crippen LogP contribution in [0.2, 0.25) is 5.02 Å². The van der Waals surface area contributed by atoms with E-state index in [1.54, 1.807) is 9.59 Å². The summed E-state index contributed by atoms with van der Waals surface area (Å²) in [5, 5.41) is 22.0. The van der Waals surface area contributed by atoms with Crippen molar-refractivity contribution in [1.29, 1.82) is 0 Å². The van der Waals surface area contributed by atoms with Gasteiger partial charge in [-0.25, -0.2) is 0 Å². The Bertz CT molecular complexity index is 942. The van der Waals surface area contributed by atoms with E-state index in [2.05, 4.69) is 25.6 Å². The van der Waals surface area contributed by atoms with Crippen LogP contribution < -0.4 is 0 Å². The van der Waals surface area contributed by atoms with Crippen molar-refractivity contribution in [2.75, 3.05) is 0 Å². The number of nitrogens with zero attached hydrogens (tertiary/aromatic N) is 7. The van der Waals surface area contributed by atoms with E-state index in [1.807, 2.05) is 48.5 Å². The van der Waals surface area contributed by atoms with Crippen molar-refractivity contribution in [2.45, 2.75) is 19.5 Å². The Morgan fingerprint density at radius 2 is 1.46 bits per heavy atom. The van der Waals surface area contributed by atoms with E-state index in [4.69, 9.17) is 11.6 Å². The summed E-state index contributed by atoms with van der Waals surface area (Å²) in [7, 11) is 0. The zero-order valence-corrected chi connectivity index (χ0v) is 13.5. The second kappa shape index (κ2) is 6.37. The number of aryl methyl sites for hydroxylation is 2. The first-order valence-electron chi connectivity index (χ1n) is 7.62. The molecule has 2 aromatic heterocycles. The van der Waals surface area contributed by atoms with Gasteiger partial charge in [-0.3, -0.25) is 0 Å². The van der Waals surface area contributed by atoms with Crippen molar-refractivity contribution in [3.8, 4) is 11.4 Å². The van der Waals surface area contributed by atoms with Crippen LogP contribution in [0.15, 0.2) is 48.5 Å². The topological polar surface area (TPSA) is 74.3 Å². The zero-order chi connectivity index (χ0) is 16.4. The highest BCUT2D eigenvalue weighted by Crippen LogP contribution is 2.23. The van der Waals surface area contributed by atoms with Crippen molar-refractivity contribution in [3.63, 3.8) is 0 Å². The normalized spacial score (nSPS) is 11.2. The molecule has 0 N–H and O–H groups in total. The molecule has 4 rings (SSSR count). The highest BCUT2D eigenvalue weighted by molar-refractivity contribution is 6.33. The molecule has 0 aliphatic heterocycles. The van der Waals surface area contributed by atoms with Crippen LogP contribution in [-0.2, 0) is 13.1 Å². The Kier molecular flexibility index (Phi) is 3.92. The lowest BCUT2D eigenvalue weighted by Crippen LogP contribution is -2.08. The Labute approximate surface area is 142 Å². The van der Waals surface area contributed by atoms with E-state index in [0.29, 0.717) is 23.9 Å². The molecule has 8 heteroatoms. The standard InChI is InChI=1S/C16H14ClN7/c17-13-7-2-1-6-12(13)16-18-22-24(21-16)11-5-10-23-19-14-8-3-4-9-15(14)20-23/h1-4,6-9H,5,10-11H2. The SMILES string of the molecule is Clc1ccccc1-c1nnn(CCCn2nc3ccccc3n2)n1. The third-order valence-electron chi connectivity index (χ3n) is 3.61. The van der Waals surface area contributed by atoms with E-state index in [1.165, 1.54) is 0 Å². The second-order valence-electron chi connectivity index (χ2n) is 5.33. The van der Waals surface area contributed by atoms with E-state index in [-0.39, 0.29) is 0 Å². The average Bonchev–Trinajstić information content (AvgIpc) is 3.22. The van der Waals surface area contributed by atoms with Crippen molar-refractivity contribution in [3.05, 3.63) is 53.6 Å². The highest BCUT2D eigenvalue weighted by Gasteiger charge is 2.09. The van der Waals surface area contributed by atoms with Gasteiger partial charge in [-0.05, 0) is 35.9 Å². The Balaban J connectivity index is 1.41. The molecule has 0 fully saturated rings. The fraction of sp³-hybridized carbons (Fsp3) is 0.188. The molecule has 2 aromatic carbocycles. The summed E-state index contributed by atoms with van der Waals surface area (Å²) in [6.45, 7) is 1.33. The van der Waals surface area contributed by atoms with Gasteiger partial charge < -0.3 is 0 Å². The molecule has 0 aliphatic rings. The van der Waals surface area contributed by atoms with Crippen LogP contribution in [0.5, 0.6) is 0 Å². The quantitative estimate of drug-likeness (QED) is 0.559. The summed E-state index contributed by atoms with van der Waals surface area (Å²) < 4.78 is 0. The third-order valence-corrected chi connectivity index (χ3v) is 3.94. The minimum Gasteiger partial charge on any atom is -0.184 e. The van der Waals surface area contributed by atoms with E-state index in [9.17, 15) is 0 Å². The molecule has 0 saturated heterocycles. The summed E-state index contributed by atoms with van der Waals surface area (Å²) in [6.07, 6.45) is 0.805. The predicted octanol–water partition coefficient (Wildman–Crippen LogP) is 2.83. The molecule has 24 heavy (non-hydrogen) atoms. The molecule has 7 nitrogen and oxygen atoms in total. The molecular formula is C16H14ClN7. The first kappa shape index (κ1) is 14.8. The van der Waals surface area contributed by atoms with Gasteiger partial charge in [0.05, 0.1) is 18.1 Å². The minimum absolute atomic E-state index is 0.531. The number of fused-ring (bicyclic) bond motifs is 1. The summed E-state index contributed by atoms with van der Waals surface area (Å²) in [4.78, 5) is 3.28. The molecule has 120 valence electrons. The molecular weight excluding hydrogens is 326 g/mol. The summed E-state index contributed by atoms with van der Waals surface area (Å²) in [5.41, 5.74) is 2.58. The highest BCUT2D eigenvalue weighted by atomic mass is 35.5. The lowest BCUT2D eigenvalue weighted by molar-refractivity contribution is 0.436. The number of tetrazole rings is 1. The van der Waals surface area contributed by atoms with Crippen LogP contribution in [-0.4, -0.2) is 35.2 Å². The van der Waals surface area contributed by atoms with Crippen LogP contribution in [0, 0.1) is 0 Å². The zero-order valence-electron chi connectivity index (χ0n) is 12.7. The fourth-order valence-corrected chi connectivity index (χ4v) is 2.67. The van der Waals surface area contributed by atoms with Gasteiger partial charge in [0.2, 0.25) is 5.82 Å². The molecule has 0 unspecified atom stereocenters. The Morgan fingerprint density at radius 1 is 0.792 bits per heavy atom. The summed E-state index contributed by atoms with van der Waals surface area (Å²) >= 11 is 6.15. The summed E-state index contributed by atoms with van der Waals surface area (Å²) in [5.74, 6) is 0.531. The monoisotopic (exact) mass is 339 g/mol. The largest absolute Gasteiger partial charge is 0.206 e. The Hall–Kier alpha value is -2.80. The molecule has 0 bridgehead atoms. The number of hydrogen-bond donors (Lipinski definition) is 0. The Morgan fingerprint density at radius 3 is 2.21 bits per heavy atom. The molecule has 0 saturated carbocycles. The third kappa shape index (κ3) is 2.98. The van der Waals surface area contributed by atoms with Gasteiger partial charge in [-0.1, -0.05) is 35.9 Å². The van der Waals surface area contributed by atoms with Gasteiger partial charge in [0.15, 0.2) is 0 Å². The number of benzene rings is 2. The van der Waals surface area contributed by atoms with Crippen LogP contribution in [0.1, 0.15) is 6.42 Å². The second-order valence-corrected chi connectivity index (χ2v) is 5.73. The smallest absolute Gasteiger partial charge is 0.184 e. The molecule has 2 heterocycles. The molecule has 0 amide bonds. The lowest BCUT2D eigenvalue weighted by Gasteiger charge is -1.99. The van der Waals surface area contributed by atoms with Crippen molar-refractivity contribution < 1.29 is 0 Å². The van der Waals surface area contributed by atoms with E-state index in [0.717, 1.165) is 23.0 Å². The van der Waals surface area contributed by atoms with Gasteiger partial charge in [-0.2, -0.15) is 19.8 Å². The van der Waals surface area contributed by atoms with Gasteiger partial charge in [0, 0.05) is 5.56 Å². The van der Waals surface area contributed by atoms with E-state index >= 15 is 0 Å². The number of aromatic nitrogens is 7. The first-order valence-corrected chi connectivity index (χ1v) is 8.00. The molecule has 0 spiro atoms. The molecule has 4 aromatic rings. The summed E-state index contributed by atoms with van der Waals surface area (Å²) in [6, 6.07) is 15.3. The molecule has 0 atom stereocenters. The molecule has 0 aliphatic carbocycles. The number of hydrogen-bond acceptors (Lipinski definition) is 5. The van der Waals surface area contributed by atoms with Gasteiger partial charge in [0.25, 0.3) is 0 Å². The van der Waals surface area contributed by atoms with E-state index < -0.39 is 0 Å². The number of rotatable bonds is 5. The first-order chi connectivity index (χ1) is 11.8. The van der Waals surface area contributed by atoms with Crippen LogP contribution in [0.3, 0.4) is 0 Å². The van der Waals surface area contributed by atoms with Crippen molar-refractivity contribution >= 4 is 22.6 Å². The minimum atomic E-state index is 0.531. The lowest BCUT2D eigenvalue weighted by atomic mass is 10.2. The van der Waals surface area contributed by atoms with Crippen LogP contribution in [0.25, 0.3) is 22.4 Å². The average molecular weight is 340 g/mol. The van der Waals surface area contributed by atoms with Gasteiger partial charge in [-0.15, -0.1) is 10.2 Å². The predicted molar refractivity (Wildman–Crippen MR) is 90.4 cm³/mol. The van der Waals surface area contributed by atoms with Crippen molar-refractivity contribution in [2.24, 2.45) is 0 Å². The fourth-order valence-electron chi connectivity index (χ4n) is 2.45. The van der Waals surface area contributed by atoms with Crippen LogP contribution >= 0.6 is 11.6 Å². The molecule has 0 radical (unpaired) electrons. The number of halogens is 1. The van der Waals surface area contributed by atoms with Gasteiger partial charge in [0.1, 0.15) is 11.0 Å². The maximum absolute atomic E-state index is 6.15. The van der Waals surface area contributed by atoms with Crippen LogP contribution in [0.4, 0.5) is 0 Å².